The first-order chi connectivity index (χ1) is 8.44. The molecule has 0 heterocycles. The summed E-state index contributed by atoms with van der Waals surface area (Å²) in [6.07, 6.45) is 3.21. The van der Waals surface area contributed by atoms with Crippen molar-refractivity contribution in [2.24, 2.45) is 11.1 Å². The van der Waals surface area contributed by atoms with Crippen molar-refractivity contribution in [1.82, 2.24) is 0 Å². The average Bonchev–Trinajstić information content (AvgIpc) is 2.31. The Balaban J connectivity index is 2.26. The number of halogens is 1. The number of unbranched alkanes of at least 4 members (excludes halogenated alkanes) is 1. The molecule has 0 aliphatic carbocycles. The van der Waals surface area contributed by atoms with Crippen molar-refractivity contribution in [1.29, 1.82) is 0 Å². The number of ether oxygens (including phenoxy) is 1. The van der Waals surface area contributed by atoms with Crippen LogP contribution in [-0.4, -0.2) is 13.2 Å². The highest BCUT2D eigenvalue weighted by Crippen LogP contribution is 2.22. The smallest absolute Gasteiger partial charge is 0.123 e. The van der Waals surface area contributed by atoms with Crippen LogP contribution in [0.3, 0.4) is 0 Å². The van der Waals surface area contributed by atoms with E-state index in [4.69, 9.17) is 10.5 Å². The van der Waals surface area contributed by atoms with Crippen molar-refractivity contribution in [2.45, 2.75) is 40.0 Å². The second-order valence-corrected chi connectivity index (χ2v) is 5.58. The van der Waals surface area contributed by atoms with E-state index in [-0.39, 0.29) is 11.2 Å². The van der Waals surface area contributed by atoms with Crippen LogP contribution in [0.5, 0.6) is 5.75 Å². The number of hydrogen-bond acceptors (Lipinski definition) is 2. The third-order valence-electron chi connectivity index (χ3n) is 3.20. The Morgan fingerprint density at radius 2 is 2.00 bits per heavy atom. The Kier molecular flexibility index (Phi) is 5.60. The predicted molar refractivity (Wildman–Crippen MR) is 73.3 cm³/mol. The fraction of sp³-hybridized carbons (Fsp3) is 0.600. The van der Waals surface area contributed by atoms with Gasteiger partial charge in [-0.1, -0.05) is 13.8 Å². The molecule has 102 valence electrons. The van der Waals surface area contributed by atoms with E-state index in [0.717, 1.165) is 30.6 Å². The van der Waals surface area contributed by atoms with Gasteiger partial charge < -0.3 is 10.5 Å². The summed E-state index contributed by atoms with van der Waals surface area (Å²) in [6.45, 7) is 7.60. The Morgan fingerprint density at radius 3 is 2.61 bits per heavy atom. The summed E-state index contributed by atoms with van der Waals surface area (Å²) in [6, 6.07) is 4.61. The van der Waals surface area contributed by atoms with Crippen molar-refractivity contribution in [3.8, 4) is 5.75 Å². The third kappa shape index (κ3) is 5.05. The monoisotopic (exact) mass is 253 g/mol. The molecule has 0 aromatic heterocycles. The standard InChI is InChI=1S/C15H24FNO/c1-12-10-13(16)6-7-14(12)18-9-5-4-8-15(2,3)11-17/h6-7,10H,4-5,8-9,11,17H2,1-3H3. The highest BCUT2D eigenvalue weighted by Gasteiger charge is 2.14. The minimum atomic E-state index is -0.218. The first-order valence-electron chi connectivity index (χ1n) is 6.54. The van der Waals surface area contributed by atoms with Crippen molar-refractivity contribution in [2.75, 3.05) is 13.2 Å². The van der Waals surface area contributed by atoms with E-state index in [1.807, 2.05) is 6.92 Å². The molecule has 1 rings (SSSR count). The average molecular weight is 253 g/mol. The molecule has 2 N–H and O–H groups in total. The van der Waals surface area contributed by atoms with E-state index < -0.39 is 0 Å². The first kappa shape index (κ1) is 15.0. The molecule has 0 unspecified atom stereocenters. The zero-order chi connectivity index (χ0) is 13.6. The third-order valence-corrected chi connectivity index (χ3v) is 3.20. The molecule has 1 aromatic carbocycles. The molecule has 0 spiro atoms. The largest absolute Gasteiger partial charge is 0.493 e. The molecule has 0 atom stereocenters. The van der Waals surface area contributed by atoms with Gasteiger partial charge in [0, 0.05) is 0 Å². The van der Waals surface area contributed by atoms with Crippen LogP contribution in [0.2, 0.25) is 0 Å². The van der Waals surface area contributed by atoms with E-state index in [0.29, 0.717) is 13.2 Å². The van der Waals surface area contributed by atoms with Gasteiger partial charge in [-0.05, 0) is 61.9 Å². The van der Waals surface area contributed by atoms with Crippen molar-refractivity contribution < 1.29 is 9.13 Å². The normalized spacial score (nSPS) is 11.6. The molecule has 0 fully saturated rings. The topological polar surface area (TPSA) is 35.2 Å². The van der Waals surface area contributed by atoms with Crippen LogP contribution in [0.15, 0.2) is 18.2 Å². The molecular weight excluding hydrogens is 229 g/mol. The lowest BCUT2D eigenvalue weighted by molar-refractivity contribution is 0.277. The van der Waals surface area contributed by atoms with Crippen molar-refractivity contribution >= 4 is 0 Å². The quantitative estimate of drug-likeness (QED) is 0.752. The fourth-order valence-electron chi connectivity index (χ4n) is 1.76. The Morgan fingerprint density at radius 1 is 1.28 bits per heavy atom. The van der Waals surface area contributed by atoms with Gasteiger partial charge in [0.05, 0.1) is 6.61 Å². The molecule has 0 saturated heterocycles. The highest BCUT2D eigenvalue weighted by molar-refractivity contribution is 5.32. The van der Waals surface area contributed by atoms with Crippen molar-refractivity contribution in [3.05, 3.63) is 29.6 Å². The molecule has 3 heteroatoms. The second-order valence-electron chi connectivity index (χ2n) is 5.58. The first-order valence-corrected chi connectivity index (χ1v) is 6.54. The number of rotatable bonds is 7. The molecule has 18 heavy (non-hydrogen) atoms. The molecule has 0 amide bonds. The maximum absolute atomic E-state index is 12.9. The second kappa shape index (κ2) is 6.74. The molecule has 0 saturated carbocycles. The van der Waals surface area contributed by atoms with E-state index in [9.17, 15) is 4.39 Å². The maximum atomic E-state index is 12.9. The SMILES string of the molecule is Cc1cc(F)ccc1OCCCCC(C)(C)CN. The van der Waals surface area contributed by atoms with E-state index in [1.165, 1.54) is 12.1 Å². The van der Waals surface area contributed by atoms with Gasteiger partial charge in [-0.3, -0.25) is 0 Å². The van der Waals surface area contributed by atoms with Crippen LogP contribution in [0.4, 0.5) is 4.39 Å². The van der Waals surface area contributed by atoms with Crippen LogP contribution in [0, 0.1) is 18.2 Å². The summed E-state index contributed by atoms with van der Waals surface area (Å²) in [5, 5.41) is 0. The maximum Gasteiger partial charge on any atom is 0.123 e. The van der Waals surface area contributed by atoms with Gasteiger partial charge in [0.15, 0.2) is 0 Å². The molecule has 0 aliphatic rings. The Bertz CT molecular complexity index is 377. The number of hydrogen-bond donors (Lipinski definition) is 1. The minimum Gasteiger partial charge on any atom is -0.493 e. The predicted octanol–water partition coefficient (Wildman–Crippen LogP) is 3.67. The summed E-state index contributed by atoms with van der Waals surface area (Å²) in [5.41, 5.74) is 6.74. The van der Waals surface area contributed by atoms with Gasteiger partial charge in [0.1, 0.15) is 11.6 Å². The number of aryl methyl sites for hydroxylation is 1. The summed E-state index contributed by atoms with van der Waals surface area (Å²) < 4.78 is 18.5. The zero-order valence-corrected chi connectivity index (χ0v) is 11.6. The summed E-state index contributed by atoms with van der Waals surface area (Å²) in [7, 11) is 0. The van der Waals surface area contributed by atoms with E-state index in [2.05, 4.69) is 13.8 Å². The molecule has 0 radical (unpaired) electrons. The summed E-state index contributed by atoms with van der Waals surface area (Å²) >= 11 is 0. The molecular formula is C15H24FNO. The molecule has 0 aliphatic heterocycles. The van der Waals surface area contributed by atoms with E-state index in [1.54, 1.807) is 6.07 Å². The van der Waals surface area contributed by atoms with Gasteiger partial charge in [-0.25, -0.2) is 4.39 Å². The molecule has 0 bridgehead atoms. The zero-order valence-electron chi connectivity index (χ0n) is 11.6. The summed E-state index contributed by atoms with van der Waals surface area (Å²) in [4.78, 5) is 0. The lowest BCUT2D eigenvalue weighted by Crippen LogP contribution is -2.23. The van der Waals surface area contributed by atoms with Crippen LogP contribution in [-0.2, 0) is 0 Å². The Labute approximate surface area is 109 Å². The lowest BCUT2D eigenvalue weighted by Gasteiger charge is -2.21. The van der Waals surface area contributed by atoms with E-state index >= 15 is 0 Å². The van der Waals surface area contributed by atoms with Crippen LogP contribution < -0.4 is 10.5 Å². The van der Waals surface area contributed by atoms with Gasteiger partial charge in [0.2, 0.25) is 0 Å². The van der Waals surface area contributed by atoms with Gasteiger partial charge in [-0.2, -0.15) is 0 Å². The van der Waals surface area contributed by atoms with Gasteiger partial charge >= 0.3 is 0 Å². The van der Waals surface area contributed by atoms with Crippen LogP contribution in [0.25, 0.3) is 0 Å². The molecule has 1 aromatic rings. The fourth-order valence-corrected chi connectivity index (χ4v) is 1.76. The number of benzene rings is 1. The minimum absolute atomic E-state index is 0.214. The van der Waals surface area contributed by atoms with Crippen LogP contribution >= 0.6 is 0 Å². The Hall–Kier alpha value is -1.09. The van der Waals surface area contributed by atoms with Gasteiger partial charge in [0.25, 0.3) is 0 Å². The van der Waals surface area contributed by atoms with Gasteiger partial charge in [-0.15, -0.1) is 0 Å². The summed E-state index contributed by atoms with van der Waals surface area (Å²) in [5.74, 6) is 0.555. The van der Waals surface area contributed by atoms with Crippen LogP contribution in [0.1, 0.15) is 38.7 Å². The highest BCUT2D eigenvalue weighted by atomic mass is 19.1. The lowest BCUT2D eigenvalue weighted by atomic mass is 9.87. The molecule has 2 nitrogen and oxygen atoms in total. The van der Waals surface area contributed by atoms with Crippen molar-refractivity contribution in [3.63, 3.8) is 0 Å². The number of nitrogens with two attached hydrogens (primary N) is 1.